The van der Waals surface area contributed by atoms with Gasteiger partial charge in [0.2, 0.25) is 0 Å². The first kappa shape index (κ1) is 11.7. The van der Waals surface area contributed by atoms with Crippen LogP contribution in [0.1, 0.15) is 16.1 Å². The highest BCUT2D eigenvalue weighted by Gasteiger charge is 2.05. The Balaban J connectivity index is 1.99. The van der Waals surface area contributed by atoms with Gasteiger partial charge in [-0.2, -0.15) is 5.10 Å². The number of hydrazone groups is 1. The molecule has 0 unspecified atom stereocenters. The van der Waals surface area contributed by atoms with Crippen molar-refractivity contribution >= 4 is 12.1 Å². The molecule has 18 heavy (non-hydrogen) atoms. The van der Waals surface area contributed by atoms with E-state index in [0.29, 0.717) is 5.56 Å². The summed E-state index contributed by atoms with van der Waals surface area (Å²) >= 11 is 0. The molecule has 0 aliphatic rings. The Morgan fingerprint density at radius 1 is 1.28 bits per heavy atom. The predicted molar refractivity (Wildman–Crippen MR) is 63.5 cm³/mol. The van der Waals surface area contributed by atoms with Gasteiger partial charge in [-0.25, -0.2) is 5.43 Å². The monoisotopic (exact) mass is 246 g/mol. The molecule has 1 amide bonds. The van der Waals surface area contributed by atoms with E-state index in [1.54, 1.807) is 6.07 Å². The highest BCUT2D eigenvalue weighted by Crippen LogP contribution is 2.23. The van der Waals surface area contributed by atoms with Crippen molar-refractivity contribution in [2.24, 2.45) is 5.10 Å². The number of hydrogen-bond acceptors (Lipinski definition) is 5. The Morgan fingerprint density at radius 3 is 2.78 bits per heavy atom. The van der Waals surface area contributed by atoms with Gasteiger partial charge in [0.25, 0.3) is 0 Å². The number of phenols is 2. The van der Waals surface area contributed by atoms with Crippen LogP contribution in [0.2, 0.25) is 0 Å². The van der Waals surface area contributed by atoms with Crippen molar-refractivity contribution in [2.45, 2.75) is 0 Å². The fourth-order valence-corrected chi connectivity index (χ4v) is 1.25. The lowest BCUT2D eigenvalue weighted by molar-refractivity contribution is 0.0927. The number of carbonyl (C=O) groups is 1. The summed E-state index contributed by atoms with van der Waals surface area (Å²) in [6.07, 6.45) is 2.72. The first-order valence-corrected chi connectivity index (χ1v) is 5.06. The van der Waals surface area contributed by atoms with Crippen molar-refractivity contribution in [1.82, 2.24) is 5.43 Å². The van der Waals surface area contributed by atoms with Crippen LogP contribution in [-0.4, -0.2) is 22.3 Å². The molecule has 3 N–H and O–H groups in total. The molecule has 1 aromatic heterocycles. The molecule has 2 aromatic rings. The van der Waals surface area contributed by atoms with Gasteiger partial charge in [0.1, 0.15) is 0 Å². The predicted octanol–water partition coefficient (Wildman–Crippen LogP) is 1.45. The summed E-state index contributed by atoms with van der Waals surface area (Å²) in [4.78, 5) is 11.4. The number of rotatable bonds is 3. The highest BCUT2D eigenvalue weighted by atomic mass is 16.3. The van der Waals surface area contributed by atoms with Crippen molar-refractivity contribution in [3.63, 3.8) is 0 Å². The van der Waals surface area contributed by atoms with E-state index in [1.165, 1.54) is 36.7 Å². The van der Waals surface area contributed by atoms with Gasteiger partial charge >= 0.3 is 5.91 Å². The second-order valence-electron chi connectivity index (χ2n) is 3.42. The van der Waals surface area contributed by atoms with E-state index in [2.05, 4.69) is 10.5 Å². The van der Waals surface area contributed by atoms with E-state index in [0.717, 1.165) is 0 Å². The summed E-state index contributed by atoms with van der Waals surface area (Å²) in [5.41, 5.74) is 2.79. The van der Waals surface area contributed by atoms with Gasteiger partial charge in [0.15, 0.2) is 17.3 Å². The van der Waals surface area contributed by atoms with Gasteiger partial charge < -0.3 is 14.6 Å². The molecule has 0 fully saturated rings. The van der Waals surface area contributed by atoms with Gasteiger partial charge in [-0.3, -0.25) is 4.79 Å². The molecule has 1 heterocycles. The maximum absolute atomic E-state index is 11.4. The summed E-state index contributed by atoms with van der Waals surface area (Å²) in [7, 11) is 0. The van der Waals surface area contributed by atoms with Crippen LogP contribution in [0.3, 0.4) is 0 Å². The van der Waals surface area contributed by atoms with Gasteiger partial charge in [0.05, 0.1) is 12.5 Å². The van der Waals surface area contributed by atoms with Gasteiger partial charge in [-0.1, -0.05) is 0 Å². The molecule has 0 spiro atoms. The Kier molecular flexibility index (Phi) is 3.29. The maximum atomic E-state index is 11.4. The Labute approximate surface area is 102 Å². The molecule has 0 saturated heterocycles. The molecule has 6 nitrogen and oxygen atoms in total. The molecule has 0 radical (unpaired) electrons. The third-order valence-corrected chi connectivity index (χ3v) is 2.12. The minimum absolute atomic E-state index is 0.153. The minimum atomic E-state index is -0.473. The van der Waals surface area contributed by atoms with Crippen LogP contribution in [0.15, 0.2) is 46.1 Å². The molecule has 2 rings (SSSR count). The lowest BCUT2D eigenvalue weighted by Gasteiger charge is -1.98. The number of phenolic OH excluding ortho intramolecular Hbond substituents is 2. The SMILES string of the molecule is O=C(N/N=C\c1ccc(O)c(O)c1)c1ccco1. The topological polar surface area (TPSA) is 95.1 Å². The van der Waals surface area contributed by atoms with Crippen molar-refractivity contribution in [1.29, 1.82) is 0 Å². The average molecular weight is 246 g/mol. The number of aromatic hydroxyl groups is 2. The number of amides is 1. The maximum Gasteiger partial charge on any atom is 0.307 e. The zero-order valence-electron chi connectivity index (χ0n) is 9.20. The van der Waals surface area contributed by atoms with Crippen molar-refractivity contribution < 1.29 is 19.4 Å². The van der Waals surface area contributed by atoms with Crippen LogP contribution in [0, 0.1) is 0 Å². The molecule has 0 aliphatic carbocycles. The number of benzene rings is 1. The number of furan rings is 1. The minimum Gasteiger partial charge on any atom is -0.504 e. The number of hydrogen-bond donors (Lipinski definition) is 3. The van der Waals surface area contributed by atoms with E-state index in [1.807, 2.05) is 0 Å². The molecular weight excluding hydrogens is 236 g/mol. The van der Waals surface area contributed by atoms with Gasteiger partial charge in [-0.15, -0.1) is 0 Å². The summed E-state index contributed by atoms with van der Waals surface area (Å²) in [5, 5.41) is 22.0. The van der Waals surface area contributed by atoms with E-state index in [4.69, 9.17) is 9.52 Å². The van der Waals surface area contributed by atoms with E-state index in [-0.39, 0.29) is 17.3 Å². The lowest BCUT2D eigenvalue weighted by atomic mass is 10.2. The fourth-order valence-electron chi connectivity index (χ4n) is 1.25. The van der Waals surface area contributed by atoms with E-state index in [9.17, 15) is 9.90 Å². The molecule has 0 aliphatic heterocycles. The van der Waals surface area contributed by atoms with Gasteiger partial charge in [0, 0.05) is 0 Å². The summed E-state index contributed by atoms with van der Waals surface area (Å²) in [5.74, 6) is -0.789. The van der Waals surface area contributed by atoms with E-state index < -0.39 is 5.91 Å². The molecule has 0 atom stereocenters. The van der Waals surface area contributed by atoms with Gasteiger partial charge in [-0.05, 0) is 35.9 Å². The Bertz CT molecular complexity index is 576. The first-order chi connectivity index (χ1) is 8.66. The van der Waals surface area contributed by atoms with Crippen LogP contribution in [0.5, 0.6) is 11.5 Å². The highest BCUT2D eigenvalue weighted by molar-refractivity contribution is 5.92. The van der Waals surface area contributed by atoms with Crippen molar-refractivity contribution in [3.05, 3.63) is 47.9 Å². The summed E-state index contributed by atoms with van der Waals surface area (Å²) in [6, 6.07) is 7.29. The van der Waals surface area contributed by atoms with Crippen LogP contribution in [0.25, 0.3) is 0 Å². The third-order valence-electron chi connectivity index (χ3n) is 2.12. The second-order valence-corrected chi connectivity index (χ2v) is 3.42. The largest absolute Gasteiger partial charge is 0.504 e. The smallest absolute Gasteiger partial charge is 0.307 e. The molecule has 0 saturated carbocycles. The summed E-state index contributed by atoms with van der Waals surface area (Å²) < 4.78 is 4.87. The molecule has 0 bridgehead atoms. The van der Waals surface area contributed by atoms with Crippen LogP contribution in [0.4, 0.5) is 0 Å². The van der Waals surface area contributed by atoms with Crippen LogP contribution < -0.4 is 5.43 Å². The van der Waals surface area contributed by atoms with E-state index >= 15 is 0 Å². The van der Waals surface area contributed by atoms with Crippen molar-refractivity contribution in [3.8, 4) is 11.5 Å². The second kappa shape index (κ2) is 5.05. The average Bonchev–Trinajstić information content (AvgIpc) is 2.87. The Morgan fingerprint density at radius 2 is 2.11 bits per heavy atom. The van der Waals surface area contributed by atoms with Crippen molar-refractivity contribution in [2.75, 3.05) is 0 Å². The molecule has 1 aromatic carbocycles. The third kappa shape index (κ3) is 2.67. The normalized spacial score (nSPS) is 10.7. The molecular formula is C12H10N2O4. The number of nitrogens with zero attached hydrogens (tertiary/aromatic N) is 1. The number of carbonyl (C=O) groups excluding carboxylic acids is 1. The Hall–Kier alpha value is -2.76. The summed E-state index contributed by atoms with van der Waals surface area (Å²) in [6.45, 7) is 0. The first-order valence-electron chi connectivity index (χ1n) is 5.06. The zero-order chi connectivity index (χ0) is 13.0. The molecule has 6 heteroatoms. The fraction of sp³-hybridized carbons (Fsp3) is 0. The van der Waals surface area contributed by atoms with Crippen LogP contribution >= 0.6 is 0 Å². The standard InChI is InChI=1S/C12H10N2O4/c15-9-4-3-8(6-10(9)16)7-13-14-12(17)11-2-1-5-18-11/h1-7,15-16H,(H,14,17)/b13-7-. The number of nitrogens with one attached hydrogen (secondary N) is 1. The lowest BCUT2D eigenvalue weighted by Crippen LogP contribution is -2.16. The zero-order valence-corrected chi connectivity index (χ0v) is 9.20. The quantitative estimate of drug-likeness (QED) is 0.434. The molecule has 92 valence electrons. The van der Waals surface area contributed by atoms with Crippen LogP contribution in [-0.2, 0) is 0 Å².